The molecule has 12 aromatic rings. The molecular weight excluding hydrogens is 1010 g/mol. The molecule has 2 atom stereocenters. The predicted molar refractivity (Wildman–Crippen MR) is 349 cm³/mol. The monoisotopic (exact) mass is 1080 g/mol. The van der Waals surface area contributed by atoms with Crippen molar-refractivity contribution in [2.75, 3.05) is 4.90 Å². The molecule has 0 bridgehead atoms. The Morgan fingerprint density at radius 2 is 0.452 bits per heavy atom. The quantitative estimate of drug-likeness (QED) is 0.154. The molecular formula is C83H65N. The van der Waals surface area contributed by atoms with Crippen molar-refractivity contribution in [1.29, 1.82) is 0 Å². The molecule has 84 heavy (non-hydrogen) atoms. The first-order valence-corrected chi connectivity index (χ1v) is 30.0. The summed E-state index contributed by atoms with van der Waals surface area (Å²) in [7, 11) is 0. The lowest BCUT2D eigenvalue weighted by Crippen LogP contribution is -2.29. The summed E-state index contributed by atoms with van der Waals surface area (Å²) in [5.74, 6) is 0. The van der Waals surface area contributed by atoms with Crippen LogP contribution in [-0.4, -0.2) is 0 Å². The van der Waals surface area contributed by atoms with Crippen molar-refractivity contribution in [2.24, 2.45) is 0 Å². The first kappa shape index (κ1) is 50.2. The molecule has 4 aliphatic rings. The van der Waals surface area contributed by atoms with Crippen molar-refractivity contribution in [3.05, 3.63) is 363 Å². The van der Waals surface area contributed by atoms with Gasteiger partial charge in [0.05, 0.1) is 16.2 Å². The Morgan fingerprint density at radius 1 is 0.214 bits per heavy atom. The fourth-order valence-electron chi connectivity index (χ4n) is 15.9. The summed E-state index contributed by atoms with van der Waals surface area (Å²) in [6, 6.07) is 110. The molecule has 0 saturated heterocycles. The van der Waals surface area contributed by atoms with E-state index in [4.69, 9.17) is 0 Å². The lowest BCUT2D eigenvalue weighted by molar-refractivity contribution is 0.589. The SMILES string of the molecule is CC(C)(C)c1ccc(C2(c3ccccc3)c3ccccc3-c3ccc(N(c4ccc5c(c4)C(c4ccccc4)(c4ccc(C(C)(C)C)cc4)c4ccccc4-5)c4ccc5c(c4)C4(c6ccccc6-c6ccccc64)c4ccccc4-5)cc32)cc1. The van der Waals surface area contributed by atoms with Crippen LogP contribution >= 0.6 is 0 Å². The molecule has 0 heterocycles. The Hall–Kier alpha value is -9.56. The Balaban J connectivity index is 0.996. The molecule has 402 valence electrons. The highest BCUT2D eigenvalue weighted by Crippen LogP contribution is 2.65. The van der Waals surface area contributed by atoms with Crippen LogP contribution < -0.4 is 4.90 Å². The highest BCUT2D eigenvalue weighted by atomic mass is 15.1. The van der Waals surface area contributed by atoms with E-state index in [2.05, 4.69) is 332 Å². The van der Waals surface area contributed by atoms with Crippen molar-refractivity contribution in [3.63, 3.8) is 0 Å². The zero-order chi connectivity index (χ0) is 56.7. The smallest absolute Gasteiger partial charge is 0.0726 e. The average molecular weight is 1080 g/mol. The van der Waals surface area contributed by atoms with Crippen molar-refractivity contribution < 1.29 is 0 Å². The van der Waals surface area contributed by atoms with E-state index < -0.39 is 16.2 Å². The van der Waals surface area contributed by atoms with Gasteiger partial charge in [-0.25, -0.2) is 0 Å². The van der Waals surface area contributed by atoms with Gasteiger partial charge in [-0.2, -0.15) is 0 Å². The van der Waals surface area contributed by atoms with Crippen molar-refractivity contribution in [1.82, 2.24) is 0 Å². The van der Waals surface area contributed by atoms with Gasteiger partial charge in [-0.15, -0.1) is 0 Å². The number of hydrogen-bond donors (Lipinski definition) is 0. The molecule has 1 spiro atoms. The summed E-state index contributed by atoms with van der Waals surface area (Å²) < 4.78 is 0. The molecule has 0 N–H and O–H groups in total. The van der Waals surface area contributed by atoms with Gasteiger partial charge in [0, 0.05) is 17.1 Å². The highest BCUT2D eigenvalue weighted by Gasteiger charge is 2.53. The third-order valence-electron chi connectivity index (χ3n) is 19.6. The highest BCUT2D eigenvalue weighted by molar-refractivity contribution is 5.98. The summed E-state index contributed by atoms with van der Waals surface area (Å²) in [6.45, 7) is 13.9. The molecule has 2 unspecified atom stereocenters. The van der Waals surface area contributed by atoms with E-state index in [9.17, 15) is 0 Å². The van der Waals surface area contributed by atoms with Crippen LogP contribution in [0.5, 0.6) is 0 Å². The van der Waals surface area contributed by atoms with Gasteiger partial charge < -0.3 is 4.90 Å². The number of hydrogen-bond acceptors (Lipinski definition) is 1. The maximum Gasteiger partial charge on any atom is 0.0726 e. The molecule has 1 heteroatoms. The molecule has 0 saturated carbocycles. The largest absolute Gasteiger partial charge is 0.310 e. The summed E-state index contributed by atoms with van der Waals surface area (Å²) >= 11 is 0. The molecule has 4 aliphatic carbocycles. The van der Waals surface area contributed by atoms with Crippen LogP contribution in [0.1, 0.15) is 119 Å². The first-order chi connectivity index (χ1) is 40.9. The predicted octanol–water partition coefficient (Wildman–Crippen LogP) is 20.8. The Morgan fingerprint density at radius 3 is 0.750 bits per heavy atom. The van der Waals surface area contributed by atoms with Gasteiger partial charge in [0.1, 0.15) is 0 Å². The van der Waals surface area contributed by atoms with Crippen LogP contribution in [0.25, 0.3) is 44.5 Å². The van der Waals surface area contributed by atoms with E-state index in [0.29, 0.717) is 0 Å². The molecule has 0 aromatic heterocycles. The van der Waals surface area contributed by atoms with Crippen LogP contribution in [-0.2, 0) is 27.1 Å². The molecule has 0 fully saturated rings. The Bertz CT molecular complexity index is 4340. The van der Waals surface area contributed by atoms with Gasteiger partial charge in [0.2, 0.25) is 0 Å². The van der Waals surface area contributed by atoms with Crippen molar-refractivity contribution in [3.8, 4) is 44.5 Å². The maximum absolute atomic E-state index is 2.59. The first-order valence-electron chi connectivity index (χ1n) is 30.0. The van der Waals surface area contributed by atoms with Crippen LogP contribution in [0.4, 0.5) is 17.1 Å². The standard InChI is InChI=1S/C83H65N/c1-79(2,3)54-37-41-58(42-38-54)81(56-23-9-7-10-24-56)71-32-18-13-29-65(71)68-48-45-60(51-76(68)81)84(62-47-50-70-67-31-17-22-36-75(67)83(78(70)53-62)73-34-20-15-27-63(73)64-28-16-21-35-74(64)83)61-46-49-69-66-30-14-19-33-72(66)82(77(69)52-61,57-25-11-8-12-26-57)59-43-39-55(40-44-59)80(4,5)6/h7-53H,1-6H3. The normalized spacial score (nSPS) is 17.1. The second-order valence-electron chi connectivity index (χ2n) is 25.9. The van der Waals surface area contributed by atoms with Gasteiger partial charge in [-0.3, -0.25) is 0 Å². The number of benzene rings is 12. The minimum absolute atomic E-state index is 0.00126. The molecule has 0 aliphatic heterocycles. The van der Waals surface area contributed by atoms with E-state index >= 15 is 0 Å². The van der Waals surface area contributed by atoms with Crippen LogP contribution in [0, 0.1) is 0 Å². The van der Waals surface area contributed by atoms with Gasteiger partial charge in [-0.05, 0) is 170 Å². The number of rotatable bonds is 7. The van der Waals surface area contributed by atoms with Gasteiger partial charge in [0.25, 0.3) is 0 Å². The molecule has 12 aromatic carbocycles. The van der Waals surface area contributed by atoms with Crippen molar-refractivity contribution in [2.45, 2.75) is 68.6 Å². The number of fused-ring (bicyclic) bond motifs is 16. The topological polar surface area (TPSA) is 3.24 Å². The van der Waals surface area contributed by atoms with Crippen molar-refractivity contribution >= 4 is 17.1 Å². The lowest BCUT2D eigenvalue weighted by Gasteiger charge is -2.36. The summed E-state index contributed by atoms with van der Waals surface area (Å²) in [6.07, 6.45) is 0. The summed E-state index contributed by atoms with van der Waals surface area (Å²) in [4.78, 5) is 2.59. The van der Waals surface area contributed by atoms with E-state index in [1.165, 1.54) is 122 Å². The van der Waals surface area contributed by atoms with E-state index in [1.807, 2.05) is 0 Å². The van der Waals surface area contributed by atoms with Crippen LogP contribution in [0.3, 0.4) is 0 Å². The third kappa shape index (κ3) is 6.84. The number of nitrogens with zero attached hydrogens (tertiary/aromatic N) is 1. The minimum Gasteiger partial charge on any atom is -0.310 e. The molecule has 1 nitrogen and oxygen atoms in total. The van der Waals surface area contributed by atoms with Gasteiger partial charge in [-0.1, -0.05) is 290 Å². The van der Waals surface area contributed by atoms with Crippen LogP contribution in [0.15, 0.2) is 285 Å². The second kappa shape index (κ2) is 18.2. The maximum atomic E-state index is 2.59. The van der Waals surface area contributed by atoms with Gasteiger partial charge >= 0.3 is 0 Å². The fourth-order valence-corrected chi connectivity index (χ4v) is 15.9. The number of anilines is 3. The minimum atomic E-state index is -0.618. The Kier molecular flexibility index (Phi) is 10.9. The van der Waals surface area contributed by atoms with Gasteiger partial charge in [0.15, 0.2) is 0 Å². The third-order valence-corrected chi connectivity index (χ3v) is 19.6. The molecule has 0 amide bonds. The Labute approximate surface area is 495 Å². The zero-order valence-corrected chi connectivity index (χ0v) is 48.6. The second-order valence-corrected chi connectivity index (χ2v) is 25.9. The van der Waals surface area contributed by atoms with E-state index in [1.54, 1.807) is 0 Å². The van der Waals surface area contributed by atoms with E-state index in [0.717, 1.165) is 17.1 Å². The molecule has 0 radical (unpaired) electrons. The average Bonchev–Trinajstić information content (AvgIpc) is 1.97. The summed E-state index contributed by atoms with van der Waals surface area (Å²) in [5, 5.41) is 0. The fraction of sp³-hybridized carbons (Fsp3) is 0.133. The summed E-state index contributed by atoms with van der Waals surface area (Å²) in [5.41, 5.74) is 29.9. The lowest BCUT2D eigenvalue weighted by atomic mass is 9.67. The zero-order valence-electron chi connectivity index (χ0n) is 48.6. The molecule has 16 rings (SSSR count). The van der Waals surface area contributed by atoms with E-state index in [-0.39, 0.29) is 10.8 Å². The van der Waals surface area contributed by atoms with Crippen LogP contribution in [0.2, 0.25) is 0 Å².